The topological polar surface area (TPSA) is 30.9 Å². The number of rotatable bonds is 14. The standard InChI is InChI=1S/C20H43NO3/c1-19(2,3)9-8-11-21(7)12-14-23-16-18-24-17-15-22-13-10-20(4,5)6/h8-18H2,1-7H3. The maximum absolute atomic E-state index is 5.62. The van der Waals surface area contributed by atoms with Crippen molar-refractivity contribution in [2.75, 3.05) is 59.8 Å². The Morgan fingerprint density at radius 1 is 0.583 bits per heavy atom. The van der Waals surface area contributed by atoms with Gasteiger partial charge in [0.1, 0.15) is 0 Å². The second kappa shape index (κ2) is 13.1. The average Bonchev–Trinajstić information content (AvgIpc) is 2.42. The Bertz CT molecular complexity index is 282. The molecule has 0 rings (SSSR count). The quantitative estimate of drug-likeness (QED) is 0.441. The molecule has 0 aromatic heterocycles. The number of hydrogen-bond acceptors (Lipinski definition) is 4. The third-order valence-electron chi connectivity index (χ3n) is 3.82. The van der Waals surface area contributed by atoms with Gasteiger partial charge in [-0.05, 0) is 43.7 Å². The molecule has 0 atom stereocenters. The second-order valence-corrected chi connectivity index (χ2v) is 9.12. The molecule has 0 spiro atoms. The molecule has 0 heterocycles. The third-order valence-corrected chi connectivity index (χ3v) is 3.82. The van der Waals surface area contributed by atoms with E-state index >= 15 is 0 Å². The SMILES string of the molecule is CN(CCCC(C)(C)C)CCOCCOCCOCCC(C)(C)C. The molecular formula is C20H43NO3. The zero-order chi connectivity index (χ0) is 18.5. The van der Waals surface area contributed by atoms with Gasteiger partial charge in [-0.3, -0.25) is 0 Å². The molecule has 0 aliphatic heterocycles. The van der Waals surface area contributed by atoms with Gasteiger partial charge in [-0.2, -0.15) is 0 Å². The smallest absolute Gasteiger partial charge is 0.0701 e. The number of likely N-dealkylation sites (N-methyl/N-ethyl adjacent to an activating group) is 1. The minimum absolute atomic E-state index is 0.342. The van der Waals surface area contributed by atoms with E-state index in [4.69, 9.17) is 14.2 Å². The summed E-state index contributed by atoms with van der Waals surface area (Å²) in [6, 6.07) is 0. The maximum atomic E-state index is 5.62. The van der Waals surface area contributed by atoms with Gasteiger partial charge in [0, 0.05) is 13.2 Å². The first kappa shape index (κ1) is 23.8. The highest BCUT2D eigenvalue weighted by molar-refractivity contribution is 4.63. The summed E-state index contributed by atoms with van der Waals surface area (Å²) in [5.41, 5.74) is 0.778. The fourth-order valence-corrected chi connectivity index (χ4v) is 2.13. The molecule has 146 valence electrons. The van der Waals surface area contributed by atoms with E-state index in [1.165, 1.54) is 12.8 Å². The van der Waals surface area contributed by atoms with Crippen LogP contribution in [0.25, 0.3) is 0 Å². The van der Waals surface area contributed by atoms with Crippen LogP contribution in [0, 0.1) is 10.8 Å². The largest absolute Gasteiger partial charge is 0.379 e. The van der Waals surface area contributed by atoms with Crippen molar-refractivity contribution in [3.8, 4) is 0 Å². The van der Waals surface area contributed by atoms with E-state index in [0.29, 0.717) is 37.3 Å². The van der Waals surface area contributed by atoms with Gasteiger partial charge >= 0.3 is 0 Å². The molecule has 0 saturated heterocycles. The molecule has 0 saturated carbocycles. The lowest BCUT2D eigenvalue weighted by Gasteiger charge is -2.21. The first-order valence-electron chi connectivity index (χ1n) is 9.52. The van der Waals surface area contributed by atoms with Crippen LogP contribution in [-0.2, 0) is 14.2 Å². The zero-order valence-corrected chi connectivity index (χ0v) is 17.5. The molecule has 0 N–H and O–H groups in total. The Labute approximate surface area is 151 Å². The molecule has 0 unspecified atom stereocenters. The lowest BCUT2D eigenvalue weighted by molar-refractivity contribution is 0.00774. The molecule has 24 heavy (non-hydrogen) atoms. The third kappa shape index (κ3) is 19.9. The summed E-state index contributed by atoms with van der Waals surface area (Å²) in [4.78, 5) is 2.34. The molecule has 0 bridgehead atoms. The van der Waals surface area contributed by atoms with Gasteiger partial charge in [-0.15, -0.1) is 0 Å². The van der Waals surface area contributed by atoms with Crippen molar-refractivity contribution in [1.82, 2.24) is 4.90 Å². The van der Waals surface area contributed by atoms with Crippen LogP contribution in [0.2, 0.25) is 0 Å². The van der Waals surface area contributed by atoms with Gasteiger partial charge in [0.2, 0.25) is 0 Å². The Kier molecular flexibility index (Phi) is 13.0. The van der Waals surface area contributed by atoms with Crippen molar-refractivity contribution in [3.05, 3.63) is 0 Å². The number of nitrogens with zero attached hydrogens (tertiary/aromatic N) is 1. The molecule has 0 amide bonds. The summed E-state index contributed by atoms with van der Waals surface area (Å²) in [7, 11) is 2.16. The highest BCUT2D eigenvalue weighted by atomic mass is 16.5. The van der Waals surface area contributed by atoms with Crippen molar-refractivity contribution in [3.63, 3.8) is 0 Å². The molecule has 0 radical (unpaired) electrons. The first-order valence-corrected chi connectivity index (χ1v) is 9.52. The van der Waals surface area contributed by atoms with Crippen molar-refractivity contribution in [2.45, 2.75) is 60.8 Å². The summed E-state index contributed by atoms with van der Waals surface area (Å²) >= 11 is 0. The molecule has 4 nitrogen and oxygen atoms in total. The summed E-state index contributed by atoms with van der Waals surface area (Å²) in [6.45, 7) is 19.9. The second-order valence-electron chi connectivity index (χ2n) is 9.12. The van der Waals surface area contributed by atoms with Gasteiger partial charge in [-0.1, -0.05) is 41.5 Å². The Hall–Kier alpha value is -0.160. The minimum Gasteiger partial charge on any atom is -0.379 e. The van der Waals surface area contributed by atoms with Gasteiger partial charge < -0.3 is 19.1 Å². The fourth-order valence-electron chi connectivity index (χ4n) is 2.13. The predicted molar refractivity (Wildman–Crippen MR) is 103 cm³/mol. The predicted octanol–water partition coefficient (Wildman–Crippen LogP) is 4.23. The lowest BCUT2D eigenvalue weighted by atomic mass is 9.90. The molecule has 0 aromatic carbocycles. The van der Waals surface area contributed by atoms with Crippen molar-refractivity contribution < 1.29 is 14.2 Å². The molecular weight excluding hydrogens is 302 g/mol. The van der Waals surface area contributed by atoms with Crippen LogP contribution in [0.1, 0.15) is 60.8 Å². The van der Waals surface area contributed by atoms with E-state index in [1.54, 1.807) is 0 Å². The van der Waals surface area contributed by atoms with Gasteiger partial charge in [0.15, 0.2) is 0 Å². The maximum Gasteiger partial charge on any atom is 0.0701 e. The summed E-state index contributed by atoms with van der Waals surface area (Å²) in [6.07, 6.45) is 3.60. The average molecular weight is 346 g/mol. The van der Waals surface area contributed by atoms with E-state index in [2.05, 4.69) is 53.5 Å². The fraction of sp³-hybridized carbons (Fsp3) is 1.00. The van der Waals surface area contributed by atoms with Crippen LogP contribution in [0.3, 0.4) is 0 Å². The van der Waals surface area contributed by atoms with Crippen LogP contribution < -0.4 is 0 Å². The number of ether oxygens (including phenoxy) is 3. The van der Waals surface area contributed by atoms with E-state index in [0.717, 1.165) is 32.7 Å². The van der Waals surface area contributed by atoms with Crippen molar-refractivity contribution >= 4 is 0 Å². The van der Waals surface area contributed by atoms with E-state index in [9.17, 15) is 0 Å². The van der Waals surface area contributed by atoms with Crippen LogP contribution in [0.15, 0.2) is 0 Å². The van der Waals surface area contributed by atoms with Gasteiger partial charge in [0.25, 0.3) is 0 Å². The van der Waals surface area contributed by atoms with Crippen LogP contribution in [-0.4, -0.2) is 64.7 Å². The highest BCUT2D eigenvalue weighted by Crippen LogP contribution is 2.20. The molecule has 4 heteroatoms. The normalized spacial score (nSPS) is 13.0. The molecule has 0 aromatic rings. The minimum atomic E-state index is 0.342. The summed E-state index contributed by atoms with van der Waals surface area (Å²) in [5.74, 6) is 0. The van der Waals surface area contributed by atoms with E-state index in [-0.39, 0.29) is 0 Å². The Morgan fingerprint density at radius 3 is 1.54 bits per heavy atom. The summed E-state index contributed by atoms with van der Waals surface area (Å²) < 4.78 is 16.7. The van der Waals surface area contributed by atoms with Crippen LogP contribution in [0.5, 0.6) is 0 Å². The first-order chi connectivity index (χ1) is 11.1. The van der Waals surface area contributed by atoms with Crippen molar-refractivity contribution in [1.29, 1.82) is 0 Å². The summed E-state index contributed by atoms with van der Waals surface area (Å²) in [5, 5.41) is 0. The molecule has 0 aliphatic carbocycles. The van der Waals surface area contributed by atoms with Crippen LogP contribution >= 0.6 is 0 Å². The van der Waals surface area contributed by atoms with Crippen molar-refractivity contribution in [2.24, 2.45) is 10.8 Å². The van der Waals surface area contributed by atoms with E-state index < -0.39 is 0 Å². The molecule has 0 fully saturated rings. The zero-order valence-electron chi connectivity index (χ0n) is 17.5. The highest BCUT2D eigenvalue weighted by Gasteiger charge is 2.10. The van der Waals surface area contributed by atoms with Crippen LogP contribution in [0.4, 0.5) is 0 Å². The van der Waals surface area contributed by atoms with E-state index in [1.807, 2.05) is 0 Å². The van der Waals surface area contributed by atoms with Gasteiger partial charge in [-0.25, -0.2) is 0 Å². The monoisotopic (exact) mass is 345 g/mol. The molecule has 0 aliphatic rings. The van der Waals surface area contributed by atoms with Gasteiger partial charge in [0.05, 0.1) is 33.0 Å². The Morgan fingerprint density at radius 2 is 1.04 bits per heavy atom. The lowest BCUT2D eigenvalue weighted by Crippen LogP contribution is -2.25. The number of hydrogen-bond donors (Lipinski definition) is 0. The Balaban J connectivity index is 3.25.